The van der Waals surface area contributed by atoms with E-state index in [1.807, 2.05) is 0 Å². The van der Waals surface area contributed by atoms with Crippen molar-refractivity contribution in [2.24, 2.45) is 0 Å². The monoisotopic (exact) mass is 218 g/mol. The fourth-order valence-electron chi connectivity index (χ4n) is 1.08. The molecule has 1 rings (SSSR count). The van der Waals surface area contributed by atoms with E-state index in [0.717, 1.165) is 6.07 Å². The molecule has 0 amide bonds. The van der Waals surface area contributed by atoms with Gasteiger partial charge in [0.2, 0.25) is 0 Å². The van der Waals surface area contributed by atoms with Crippen molar-refractivity contribution >= 4 is 5.78 Å². The van der Waals surface area contributed by atoms with Gasteiger partial charge in [-0.05, 0) is 12.1 Å². The number of halogens is 3. The molecular weight excluding hydrogens is 209 g/mol. The average Bonchev–Trinajstić information content (AvgIpc) is 2.13. The van der Waals surface area contributed by atoms with Crippen LogP contribution < -0.4 is 0 Å². The molecule has 5 heteroatoms. The molecule has 15 heavy (non-hydrogen) atoms. The predicted octanol–water partition coefficient (Wildman–Crippen LogP) is 2.92. The zero-order chi connectivity index (χ0) is 11.5. The molecule has 0 fully saturated rings. The fraction of sp³-hybridized carbons (Fsp3) is 0.300. The predicted molar refractivity (Wildman–Crippen MR) is 47.7 cm³/mol. The Balaban J connectivity index is 2.62. The molecule has 0 aromatic heterocycles. The van der Waals surface area contributed by atoms with Crippen molar-refractivity contribution in [2.75, 3.05) is 0 Å². The molecule has 0 saturated carbocycles. The van der Waals surface area contributed by atoms with Crippen LogP contribution in [-0.2, 0) is 0 Å². The standard InChI is InChI=1S/C10H9F3O2/c11-10(12,13)5-4-9(15)7-2-1-3-8(14)6-7/h1-3,6,14H,4-5H2. The quantitative estimate of drug-likeness (QED) is 0.792. The number of hydrogen-bond acceptors (Lipinski definition) is 2. The minimum absolute atomic E-state index is 0.0965. The number of phenols is 1. The first kappa shape index (κ1) is 11.6. The van der Waals surface area contributed by atoms with Crippen molar-refractivity contribution in [1.29, 1.82) is 0 Å². The molecule has 0 atom stereocenters. The van der Waals surface area contributed by atoms with Gasteiger partial charge < -0.3 is 5.11 Å². The fourth-order valence-corrected chi connectivity index (χ4v) is 1.08. The number of carbonyl (C=O) groups is 1. The van der Waals surface area contributed by atoms with E-state index in [1.54, 1.807) is 0 Å². The van der Waals surface area contributed by atoms with Gasteiger partial charge in [-0.1, -0.05) is 12.1 Å². The minimum Gasteiger partial charge on any atom is -0.508 e. The normalized spacial score (nSPS) is 11.4. The second-order valence-electron chi connectivity index (χ2n) is 3.09. The van der Waals surface area contributed by atoms with E-state index in [9.17, 15) is 18.0 Å². The zero-order valence-electron chi connectivity index (χ0n) is 7.71. The highest BCUT2D eigenvalue weighted by Crippen LogP contribution is 2.23. The van der Waals surface area contributed by atoms with Gasteiger partial charge in [0.25, 0.3) is 0 Å². The van der Waals surface area contributed by atoms with Gasteiger partial charge in [0.05, 0.1) is 6.42 Å². The summed E-state index contributed by atoms with van der Waals surface area (Å²) in [5.74, 6) is -0.754. The van der Waals surface area contributed by atoms with Crippen LogP contribution in [-0.4, -0.2) is 17.1 Å². The van der Waals surface area contributed by atoms with Crippen molar-refractivity contribution in [3.8, 4) is 5.75 Å². The number of ketones is 1. The molecule has 0 radical (unpaired) electrons. The Morgan fingerprint density at radius 2 is 2.00 bits per heavy atom. The lowest BCUT2D eigenvalue weighted by atomic mass is 10.1. The van der Waals surface area contributed by atoms with Crippen LogP contribution in [0.3, 0.4) is 0 Å². The Kier molecular flexibility index (Phi) is 3.34. The van der Waals surface area contributed by atoms with Gasteiger partial charge in [-0.15, -0.1) is 0 Å². The van der Waals surface area contributed by atoms with Crippen molar-refractivity contribution < 1.29 is 23.1 Å². The van der Waals surface area contributed by atoms with Crippen molar-refractivity contribution in [3.63, 3.8) is 0 Å². The molecule has 0 bridgehead atoms. The average molecular weight is 218 g/mol. The minimum atomic E-state index is -4.33. The van der Waals surface area contributed by atoms with Crippen LogP contribution in [0.2, 0.25) is 0 Å². The summed E-state index contributed by atoms with van der Waals surface area (Å²) in [6, 6.07) is 5.29. The molecule has 1 aromatic rings. The Bertz CT molecular complexity index is 358. The third kappa shape index (κ3) is 4.01. The van der Waals surface area contributed by atoms with Gasteiger partial charge in [0, 0.05) is 12.0 Å². The summed E-state index contributed by atoms with van der Waals surface area (Å²) in [5, 5.41) is 9.02. The van der Waals surface area contributed by atoms with E-state index < -0.39 is 24.8 Å². The van der Waals surface area contributed by atoms with Gasteiger partial charge in [0.15, 0.2) is 5.78 Å². The Morgan fingerprint density at radius 3 is 2.53 bits per heavy atom. The maximum absolute atomic E-state index is 11.8. The Morgan fingerprint density at radius 1 is 1.33 bits per heavy atom. The first-order valence-electron chi connectivity index (χ1n) is 4.27. The van der Waals surface area contributed by atoms with Crippen LogP contribution in [0.25, 0.3) is 0 Å². The molecule has 0 saturated heterocycles. The molecule has 0 spiro atoms. The van der Waals surface area contributed by atoms with Crippen LogP contribution >= 0.6 is 0 Å². The van der Waals surface area contributed by atoms with E-state index in [0.29, 0.717) is 0 Å². The summed E-state index contributed by atoms with van der Waals surface area (Å²) >= 11 is 0. The van der Waals surface area contributed by atoms with E-state index in [2.05, 4.69) is 0 Å². The molecule has 0 heterocycles. The lowest BCUT2D eigenvalue weighted by Gasteiger charge is -2.05. The van der Waals surface area contributed by atoms with Crippen LogP contribution in [0.15, 0.2) is 24.3 Å². The van der Waals surface area contributed by atoms with Gasteiger partial charge in [-0.2, -0.15) is 13.2 Å². The Labute approximate surface area is 84.3 Å². The summed E-state index contributed by atoms with van der Waals surface area (Å²) in [6.07, 6.45) is -6.05. The van der Waals surface area contributed by atoms with Crippen LogP contribution in [0.1, 0.15) is 23.2 Å². The number of hydrogen-bond donors (Lipinski definition) is 1. The number of carbonyl (C=O) groups excluding carboxylic acids is 1. The van der Waals surface area contributed by atoms with Crippen LogP contribution in [0.4, 0.5) is 13.2 Å². The highest BCUT2D eigenvalue weighted by atomic mass is 19.4. The SMILES string of the molecule is O=C(CCC(F)(F)F)c1cccc(O)c1. The first-order valence-corrected chi connectivity index (χ1v) is 4.27. The smallest absolute Gasteiger partial charge is 0.389 e. The van der Waals surface area contributed by atoms with Gasteiger partial charge >= 0.3 is 6.18 Å². The number of alkyl halides is 3. The molecule has 0 aliphatic carbocycles. The summed E-state index contributed by atoms with van der Waals surface area (Å²) in [7, 11) is 0. The maximum Gasteiger partial charge on any atom is 0.389 e. The largest absolute Gasteiger partial charge is 0.508 e. The van der Waals surface area contributed by atoms with E-state index in [4.69, 9.17) is 5.11 Å². The second-order valence-corrected chi connectivity index (χ2v) is 3.09. The van der Waals surface area contributed by atoms with E-state index in [-0.39, 0.29) is 11.3 Å². The highest BCUT2D eigenvalue weighted by molar-refractivity contribution is 5.96. The zero-order valence-corrected chi connectivity index (χ0v) is 7.71. The summed E-state index contributed by atoms with van der Waals surface area (Å²) in [4.78, 5) is 11.2. The lowest BCUT2D eigenvalue weighted by Crippen LogP contribution is -2.10. The third-order valence-electron chi connectivity index (χ3n) is 1.80. The third-order valence-corrected chi connectivity index (χ3v) is 1.80. The van der Waals surface area contributed by atoms with Gasteiger partial charge in [-0.3, -0.25) is 4.79 Å². The summed E-state index contributed by atoms with van der Waals surface area (Å²) < 4.78 is 35.4. The first-order chi connectivity index (χ1) is 6.88. The van der Waals surface area contributed by atoms with E-state index >= 15 is 0 Å². The van der Waals surface area contributed by atoms with Crippen molar-refractivity contribution in [1.82, 2.24) is 0 Å². The second kappa shape index (κ2) is 4.33. The van der Waals surface area contributed by atoms with E-state index in [1.165, 1.54) is 18.2 Å². The lowest BCUT2D eigenvalue weighted by molar-refractivity contribution is -0.133. The molecule has 82 valence electrons. The summed E-state index contributed by atoms with van der Waals surface area (Å²) in [5.41, 5.74) is 0.0965. The molecule has 0 aliphatic heterocycles. The Hall–Kier alpha value is -1.52. The molecule has 1 aromatic carbocycles. The molecule has 1 N–H and O–H groups in total. The van der Waals surface area contributed by atoms with Crippen LogP contribution in [0, 0.1) is 0 Å². The van der Waals surface area contributed by atoms with Crippen LogP contribution in [0.5, 0.6) is 5.75 Å². The number of rotatable bonds is 3. The van der Waals surface area contributed by atoms with Gasteiger partial charge in [0.1, 0.15) is 5.75 Å². The summed E-state index contributed by atoms with van der Waals surface area (Å²) in [6.45, 7) is 0. The van der Waals surface area contributed by atoms with Gasteiger partial charge in [-0.25, -0.2) is 0 Å². The maximum atomic E-state index is 11.8. The highest BCUT2D eigenvalue weighted by Gasteiger charge is 2.28. The number of benzene rings is 1. The molecular formula is C10H9F3O2. The number of aromatic hydroxyl groups is 1. The topological polar surface area (TPSA) is 37.3 Å². The van der Waals surface area contributed by atoms with Crippen molar-refractivity contribution in [2.45, 2.75) is 19.0 Å². The molecule has 0 aliphatic rings. The number of Topliss-reactive ketones (excluding diaryl/α,β-unsaturated/α-hetero) is 1. The van der Waals surface area contributed by atoms with Crippen molar-refractivity contribution in [3.05, 3.63) is 29.8 Å². The molecule has 2 nitrogen and oxygen atoms in total. The number of phenolic OH excluding ortho intramolecular Hbond substituents is 1. The molecule has 0 unspecified atom stereocenters.